The Labute approximate surface area is 297 Å². The summed E-state index contributed by atoms with van der Waals surface area (Å²) >= 11 is 0. The van der Waals surface area contributed by atoms with Gasteiger partial charge in [-0.15, -0.1) is 0 Å². The van der Waals surface area contributed by atoms with Crippen molar-refractivity contribution in [3.8, 4) is 11.1 Å². The van der Waals surface area contributed by atoms with Gasteiger partial charge in [0.1, 0.15) is 0 Å². The van der Waals surface area contributed by atoms with Gasteiger partial charge in [0.15, 0.2) is 0 Å². The normalized spacial score (nSPS) is 11.4. The lowest BCUT2D eigenvalue weighted by molar-refractivity contribution is 0.745. The molecule has 0 N–H and O–H groups in total. The van der Waals surface area contributed by atoms with Crippen molar-refractivity contribution < 1.29 is 0 Å². The Bertz CT molecular complexity index is 2000. The molecular formula is C48H44N2. The topological polar surface area (TPSA) is 6.48 Å². The maximum Gasteiger partial charge on any atom is 0.0701 e. The van der Waals surface area contributed by atoms with Gasteiger partial charge in [0, 0.05) is 36.8 Å². The minimum absolute atomic E-state index is 0.493. The van der Waals surface area contributed by atoms with Gasteiger partial charge < -0.3 is 9.80 Å². The monoisotopic (exact) mass is 648 g/mol. The molecule has 0 saturated carbocycles. The molecule has 0 radical (unpaired) electrons. The Morgan fingerprint density at radius 2 is 0.680 bits per heavy atom. The predicted octanol–water partition coefficient (Wildman–Crippen LogP) is 12.4. The van der Waals surface area contributed by atoms with Crippen LogP contribution >= 0.6 is 0 Å². The minimum atomic E-state index is -0.493. The van der Waals surface area contributed by atoms with Crippen LogP contribution in [0.25, 0.3) is 11.1 Å². The molecule has 0 fully saturated rings. The van der Waals surface area contributed by atoms with Crippen LogP contribution in [0.1, 0.15) is 47.6 Å². The second-order valence-electron chi connectivity index (χ2n) is 13.5. The van der Waals surface area contributed by atoms with Crippen LogP contribution in [0, 0.1) is 0 Å². The lowest BCUT2D eigenvalue weighted by atomic mass is 9.65. The van der Waals surface area contributed by atoms with Crippen molar-refractivity contribution >= 4 is 22.7 Å². The summed E-state index contributed by atoms with van der Waals surface area (Å²) < 4.78 is 0. The van der Waals surface area contributed by atoms with Crippen LogP contribution in [0.4, 0.5) is 22.7 Å². The Kier molecular flexibility index (Phi) is 9.36. The van der Waals surface area contributed by atoms with E-state index in [0.29, 0.717) is 5.92 Å². The molecule has 0 aliphatic rings. The number of nitrogens with zero attached hydrogens (tertiary/aromatic N) is 2. The van der Waals surface area contributed by atoms with Crippen LogP contribution in [0.5, 0.6) is 0 Å². The van der Waals surface area contributed by atoms with E-state index in [1.54, 1.807) is 0 Å². The molecule has 0 saturated heterocycles. The van der Waals surface area contributed by atoms with E-state index in [0.717, 1.165) is 17.1 Å². The molecule has 0 amide bonds. The first-order valence-electron chi connectivity index (χ1n) is 17.5. The van der Waals surface area contributed by atoms with Crippen LogP contribution in [0.15, 0.2) is 188 Å². The molecule has 2 nitrogen and oxygen atoms in total. The Hall–Kier alpha value is -5.86. The van der Waals surface area contributed by atoms with E-state index < -0.39 is 5.41 Å². The summed E-state index contributed by atoms with van der Waals surface area (Å²) in [5.74, 6) is 0.517. The summed E-state index contributed by atoms with van der Waals surface area (Å²) in [7, 11) is 4.16. The van der Waals surface area contributed by atoms with E-state index >= 15 is 0 Å². The molecule has 0 aliphatic heterocycles. The summed E-state index contributed by atoms with van der Waals surface area (Å²) in [5, 5.41) is 0. The quantitative estimate of drug-likeness (QED) is 0.136. The van der Waals surface area contributed by atoms with Crippen molar-refractivity contribution in [2.75, 3.05) is 23.9 Å². The third-order valence-electron chi connectivity index (χ3n) is 9.84. The second-order valence-corrected chi connectivity index (χ2v) is 13.5. The third-order valence-corrected chi connectivity index (χ3v) is 9.84. The zero-order valence-electron chi connectivity index (χ0n) is 29.4. The zero-order chi connectivity index (χ0) is 34.5. The Balaban J connectivity index is 1.35. The lowest BCUT2D eigenvalue weighted by Crippen LogP contribution is -2.31. The fourth-order valence-corrected chi connectivity index (χ4v) is 7.14. The SMILES string of the molecule is CC(C)c1ccc(-c2ccc(N(c3ccc(N(C)C)cc3)c3ccc(C(c4ccccc4)(c4ccccc4)c4ccccc4)cc3)cc2)cc1. The molecule has 0 unspecified atom stereocenters. The van der Waals surface area contributed by atoms with Crippen molar-refractivity contribution in [1.82, 2.24) is 0 Å². The highest BCUT2D eigenvalue weighted by Gasteiger charge is 2.38. The van der Waals surface area contributed by atoms with Gasteiger partial charge in [-0.2, -0.15) is 0 Å². The molecule has 0 aliphatic carbocycles. The highest BCUT2D eigenvalue weighted by atomic mass is 15.1. The number of anilines is 4. The lowest BCUT2D eigenvalue weighted by Gasteiger charge is -2.37. The molecule has 2 heteroatoms. The average molecular weight is 649 g/mol. The first-order valence-corrected chi connectivity index (χ1v) is 17.5. The predicted molar refractivity (Wildman–Crippen MR) is 213 cm³/mol. The second kappa shape index (κ2) is 14.3. The van der Waals surface area contributed by atoms with E-state index in [9.17, 15) is 0 Å². The van der Waals surface area contributed by atoms with Crippen LogP contribution < -0.4 is 9.80 Å². The van der Waals surface area contributed by atoms with E-state index in [1.165, 1.54) is 44.6 Å². The van der Waals surface area contributed by atoms with Gasteiger partial charge >= 0.3 is 0 Å². The molecule has 7 aromatic rings. The average Bonchev–Trinajstić information content (AvgIpc) is 3.18. The van der Waals surface area contributed by atoms with Gasteiger partial charge in [-0.3, -0.25) is 0 Å². The molecule has 7 aromatic carbocycles. The van der Waals surface area contributed by atoms with Gasteiger partial charge in [0.05, 0.1) is 5.41 Å². The summed E-state index contributed by atoms with van der Waals surface area (Å²) in [6.45, 7) is 4.47. The van der Waals surface area contributed by atoms with Gasteiger partial charge in [0.2, 0.25) is 0 Å². The van der Waals surface area contributed by atoms with Crippen molar-refractivity contribution in [3.05, 3.63) is 216 Å². The molecule has 0 spiro atoms. The third kappa shape index (κ3) is 6.33. The van der Waals surface area contributed by atoms with Crippen molar-refractivity contribution in [2.24, 2.45) is 0 Å². The van der Waals surface area contributed by atoms with E-state index in [1.807, 2.05) is 0 Å². The summed E-state index contributed by atoms with van der Waals surface area (Å²) in [6.07, 6.45) is 0. The molecule has 50 heavy (non-hydrogen) atoms. The van der Waals surface area contributed by atoms with Gasteiger partial charge in [0.25, 0.3) is 0 Å². The summed E-state index contributed by atoms with van der Waals surface area (Å²) in [5.41, 5.74) is 12.7. The van der Waals surface area contributed by atoms with Gasteiger partial charge in [-0.05, 0) is 93.4 Å². The number of benzene rings is 7. The maximum atomic E-state index is 2.35. The van der Waals surface area contributed by atoms with Crippen LogP contribution in [-0.4, -0.2) is 14.1 Å². The minimum Gasteiger partial charge on any atom is -0.378 e. The molecular weight excluding hydrogens is 605 g/mol. The number of hydrogen-bond acceptors (Lipinski definition) is 2. The Morgan fingerprint density at radius 1 is 0.360 bits per heavy atom. The first kappa shape index (κ1) is 32.7. The van der Waals surface area contributed by atoms with Crippen LogP contribution in [-0.2, 0) is 5.41 Å². The first-order chi connectivity index (χ1) is 24.4. The molecule has 0 bridgehead atoms. The smallest absolute Gasteiger partial charge is 0.0701 e. The van der Waals surface area contributed by atoms with Crippen molar-refractivity contribution in [3.63, 3.8) is 0 Å². The standard InChI is InChI=1S/C48H44N2/c1-36(2)37-20-22-38(23-21-37)39-24-28-45(29-25-39)50(47-34-32-44(33-35-47)49(3)4)46-30-26-43(27-31-46)48(40-14-8-5-9-15-40,41-16-10-6-11-17-41)42-18-12-7-13-19-42/h5-36H,1-4H3. The fourth-order valence-electron chi connectivity index (χ4n) is 7.14. The molecule has 0 heterocycles. The Morgan fingerprint density at radius 3 is 1.06 bits per heavy atom. The van der Waals surface area contributed by atoms with Gasteiger partial charge in [-0.25, -0.2) is 0 Å². The highest BCUT2D eigenvalue weighted by Crippen LogP contribution is 2.46. The van der Waals surface area contributed by atoms with Crippen molar-refractivity contribution in [1.29, 1.82) is 0 Å². The molecule has 246 valence electrons. The molecule has 7 rings (SSSR count). The van der Waals surface area contributed by atoms with Crippen LogP contribution in [0.3, 0.4) is 0 Å². The maximum absolute atomic E-state index is 2.35. The highest BCUT2D eigenvalue weighted by molar-refractivity contribution is 5.79. The van der Waals surface area contributed by atoms with Crippen LogP contribution in [0.2, 0.25) is 0 Å². The molecule has 0 atom stereocenters. The number of rotatable bonds is 10. The van der Waals surface area contributed by atoms with Crippen molar-refractivity contribution in [2.45, 2.75) is 25.2 Å². The number of hydrogen-bond donors (Lipinski definition) is 0. The van der Waals surface area contributed by atoms with E-state index in [2.05, 4.69) is 226 Å². The zero-order valence-corrected chi connectivity index (χ0v) is 29.4. The molecule has 0 aromatic heterocycles. The summed E-state index contributed by atoms with van der Waals surface area (Å²) in [4.78, 5) is 4.49. The van der Waals surface area contributed by atoms with E-state index in [-0.39, 0.29) is 0 Å². The van der Waals surface area contributed by atoms with E-state index in [4.69, 9.17) is 0 Å². The summed E-state index contributed by atoms with van der Waals surface area (Å²) in [6, 6.07) is 68.6. The van der Waals surface area contributed by atoms with Gasteiger partial charge in [-0.1, -0.05) is 153 Å². The largest absolute Gasteiger partial charge is 0.378 e. The fraction of sp³-hybridized carbons (Fsp3) is 0.125.